The van der Waals surface area contributed by atoms with E-state index in [-0.39, 0.29) is 24.0 Å². The summed E-state index contributed by atoms with van der Waals surface area (Å²) >= 11 is 1.79. The van der Waals surface area contributed by atoms with Crippen LogP contribution in [0.5, 0.6) is 5.75 Å². The Morgan fingerprint density at radius 3 is 2.70 bits per heavy atom. The molecule has 0 saturated carbocycles. The first-order chi connectivity index (χ1) is 10.7. The topological polar surface area (TPSA) is 36.9 Å². The number of hydrogen-bond donors (Lipinski definition) is 1. The van der Waals surface area contributed by atoms with Gasteiger partial charge in [-0.3, -0.25) is 4.99 Å². The molecule has 2 aromatic rings. The van der Waals surface area contributed by atoms with Crippen LogP contribution in [0.3, 0.4) is 0 Å². The zero-order valence-corrected chi connectivity index (χ0v) is 16.9. The van der Waals surface area contributed by atoms with Crippen LogP contribution in [0, 0.1) is 0 Å². The van der Waals surface area contributed by atoms with Crippen molar-refractivity contribution in [3.8, 4) is 5.75 Å². The van der Waals surface area contributed by atoms with Gasteiger partial charge in [-0.05, 0) is 23.9 Å². The van der Waals surface area contributed by atoms with E-state index in [1.807, 2.05) is 32.3 Å². The molecule has 0 saturated heterocycles. The van der Waals surface area contributed by atoms with Crippen molar-refractivity contribution in [2.45, 2.75) is 13.0 Å². The van der Waals surface area contributed by atoms with Crippen molar-refractivity contribution in [1.82, 2.24) is 10.2 Å². The van der Waals surface area contributed by atoms with Crippen LogP contribution < -0.4 is 10.1 Å². The molecule has 23 heavy (non-hydrogen) atoms. The summed E-state index contributed by atoms with van der Waals surface area (Å²) in [4.78, 5) is 7.84. The number of thiophene rings is 1. The summed E-state index contributed by atoms with van der Waals surface area (Å²) in [6, 6.07) is 12.3. The van der Waals surface area contributed by atoms with Gasteiger partial charge in [0, 0.05) is 37.6 Å². The van der Waals surface area contributed by atoms with Gasteiger partial charge in [0.2, 0.25) is 0 Å². The number of halogens is 1. The summed E-state index contributed by atoms with van der Waals surface area (Å²) in [6.07, 6.45) is 1.01. The Bertz CT molecular complexity index is 602. The van der Waals surface area contributed by atoms with Crippen molar-refractivity contribution in [1.29, 1.82) is 0 Å². The average Bonchev–Trinajstić information content (AvgIpc) is 3.05. The van der Waals surface area contributed by atoms with Crippen LogP contribution in [0.25, 0.3) is 0 Å². The van der Waals surface area contributed by atoms with Crippen molar-refractivity contribution in [3.63, 3.8) is 0 Å². The van der Waals surface area contributed by atoms with Gasteiger partial charge in [-0.25, -0.2) is 0 Å². The fourth-order valence-electron chi connectivity index (χ4n) is 2.30. The van der Waals surface area contributed by atoms with Crippen LogP contribution in [-0.4, -0.2) is 38.6 Å². The molecule has 4 nitrogen and oxygen atoms in total. The standard InChI is InChI=1S/C17H23N3OS.HI/c1-18-17(19-11-10-15-8-6-12-22-15)20(2)13-14-7-4-5-9-16(14)21-3;/h4-9,12H,10-11,13H2,1-3H3,(H,18,19);1H. The average molecular weight is 445 g/mol. The monoisotopic (exact) mass is 445 g/mol. The Hall–Kier alpha value is -1.28. The lowest BCUT2D eigenvalue weighted by molar-refractivity contribution is 0.396. The molecule has 6 heteroatoms. The van der Waals surface area contributed by atoms with E-state index in [2.05, 4.69) is 38.8 Å². The zero-order chi connectivity index (χ0) is 15.8. The number of hydrogen-bond acceptors (Lipinski definition) is 3. The molecule has 0 bridgehead atoms. The molecule has 0 fully saturated rings. The normalized spacial score (nSPS) is 10.8. The highest BCUT2D eigenvalue weighted by molar-refractivity contribution is 14.0. The lowest BCUT2D eigenvalue weighted by Crippen LogP contribution is -2.39. The molecule has 0 aliphatic carbocycles. The second-order valence-corrected chi connectivity index (χ2v) is 6.00. The van der Waals surface area contributed by atoms with Crippen LogP contribution in [0.4, 0.5) is 0 Å². The van der Waals surface area contributed by atoms with Gasteiger partial charge >= 0.3 is 0 Å². The summed E-state index contributed by atoms with van der Waals surface area (Å²) < 4.78 is 5.40. The van der Waals surface area contributed by atoms with Gasteiger partial charge in [0.15, 0.2) is 5.96 Å². The molecule has 0 atom stereocenters. The molecule has 0 aliphatic rings. The maximum absolute atomic E-state index is 5.40. The molecule has 0 amide bonds. The number of aliphatic imine (C=N–C) groups is 1. The van der Waals surface area contributed by atoms with Crippen molar-refractivity contribution in [2.24, 2.45) is 4.99 Å². The molecule has 1 N–H and O–H groups in total. The van der Waals surface area contributed by atoms with Crippen LogP contribution in [0.15, 0.2) is 46.8 Å². The Morgan fingerprint density at radius 1 is 1.26 bits per heavy atom. The van der Waals surface area contributed by atoms with Crippen LogP contribution in [0.1, 0.15) is 10.4 Å². The Morgan fingerprint density at radius 2 is 2.04 bits per heavy atom. The molecule has 1 aromatic heterocycles. The number of para-hydroxylation sites is 1. The van der Waals surface area contributed by atoms with Crippen LogP contribution >= 0.6 is 35.3 Å². The van der Waals surface area contributed by atoms with Crippen molar-refractivity contribution < 1.29 is 4.74 Å². The third-order valence-corrected chi connectivity index (χ3v) is 4.34. The molecular weight excluding hydrogens is 421 g/mol. The number of methoxy groups -OCH3 is 1. The van der Waals surface area contributed by atoms with Gasteiger partial charge in [-0.15, -0.1) is 35.3 Å². The zero-order valence-electron chi connectivity index (χ0n) is 13.8. The second kappa shape index (κ2) is 10.5. The van der Waals surface area contributed by atoms with E-state index < -0.39 is 0 Å². The minimum absolute atomic E-state index is 0. The molecule has 1 heterocycles. The van der Waals surface area contributed by atoms with Crippen LogP contribution in [0.2, 0.25) is 0 Å². The van der Waals surface area contributed by atoms with E-state index in [9.17, 15) is 0 Å². The van der Waals surface area contributed by atoms with Crippen molar-refractivity contribution in [3.05, 3.63) is 52.2 Å². The highest BCUT2D eigenvalue weighted by Gasteiger charge is 2.09. The van der Waals surface area contributed by atoms with E-state index in [1.54, 1.807) is 18.4 Å². The fourth-order valence-corrected chi connectivity index (χ4v) is 3.01. The van der Waals surface area contributed by atoms with Gasteiger partial charge in [-0.1, -0.05) is 24.3 Å². The number of nitrogens with zero attached hydrogens (tertiary/aromatic N) is 2. The second-order valence-electron chi connectivity index (χ2n) is 4.97. The van der Waals surface area contributed by atoms with E-state index in [0.717, 1.165) is 36.8 Å². The lowest BCUT2D eigenvalue weighted by atomic mass is 10.2. The maximum atomic E-state index is 5.40. The van der Waals surface area contributed by atoms with E-state index in [4.69, 9.17) is 4.74 Å². The molecule has 0 aliphatic heterocycles. The highest BCUT2D eigenvalue weighted by atomic mass is 127. The number of rotatable bonds is 6. The molecule has 2 rings (SSSR count). The lowest BCUT2D eigenvalue weighted by Gasteiger charge is -2.23. The van der Waals surface area contributed by atoms with Crippen LogP contribution in [-0.2, 0) is 13.0 Å². The van der Waals surface area contributed by atoms with E-state index >= 15 is 0 Å². The van der Waals surface area contributed by atoms with Gasteiger partial charge in [-0.2, -0.15) is 0 Å². The largest absolute Gasteiger partial charge is 0.496 e. The Labute approximate surface area is 159 Å². The first-order valence-corrected chi connectivity index (χ1v) is 8.18. The molecule has 0 radical (unpaired) electrons. The fraction of sp³-hybridized carbons (Fsp3) is 0.353. The number of guanidine groups is 1. The first-order valence-electron chi connectivity index (χ1n) is 7.30. The smallest absolute Gasteiger partial charge is 0.193 e. The highest BCUT2D eigenvalue weighted by Crippen LogP contribution is 2.18. The van der Waals surface area contributed by atoms with E-state index in [0.29, 0.717) is 0 Å². The Balaban J connectivity index is 0.00000264. The summed E-state index contributed by atoms with van der Waals surface area (Å²) in [5.74, 6) is 1.80. The molecule has 0 unspecified atom stereocenters. The number of nitrogens with one attached hydrogen (secondary N) is 1. The third kappa shape index (κ3) is 6.02. The first kappa shape index (κ1) is 19.8. The summed E-state index contributed by atoms with van der Waals surface area (Å²) in [6.45, 7) is 1.63. The van der Waals surface area contributed by atoms with Gasteiger partial charge in [0.05, 0.1) is 7.11 Å². The summed E-state index contributed by atoms with van der Waals surface area (Å²) in [7, 11) is 5.55. The van der Waals surface area contributed by atoms with Crippen molar-refractivity contribution >= 4 is 41.3 Å². The minimum Gasteiger partial charge on any atom is -0.496 e. The quantitative estimate of drug-likeness (QED) is 0.419. The van der Waals surface area contributed by atoms with Crippen molar-refractivity contribution in [2.75, 3.05) is 27.7 Å². The molecule has 126 valence electrons. The predicted octanol–water partition coefficient (Wildman–Crippen LogP) is 3.62. The predicted molar refractivity (Wildman–Crippen MR) is 109 cm³/mol. The van der Waals surface area contributed by atoms with E-state index in [1.165, 1.54) is 4.88 Å². The van der Waals surface area contributed by atoms with Gasteiger partial charge < -0.3 is 15.0 Å². The molecular formula is C17H24IN3OS. The Kier molecular flexibility index (Phi) is 9.01. The molecule has 0 spiro atoms. The third-order valence-electron chi connectivity index (χ3n) is 3.41. The number of benzene rings is 1. The van der Waals surface area contributed by atoms with Gasteiger partial charge in [0.1, 0.15) is 5.75 Å². The summed E-state index contributed by atoms with van der Waals surface area (Å²) in [5.41, 5.74) is 1.15. The van der Waals surface area contributed by atoms with Gasteiger partial charge in [0.25, 0.3) is 0 Å². The summed E-state index contributed by atoms with van der Waals surface area (Å²) in [5, 5.41) is 5.52. The maximum Gasteiger partial charge on any atom is 0.193 e. The SMILES string of the molecule is CN=C(NCCc1cccs1)N(C)Cc1ccccc1OC.I. The minimum atomic E-state index is 0. The number of ether oxygens (including phenoxy) is 1. The molecule has 1 aromatic carbocycles.